The largest absolute Gasteiger partial charge is 0.469 e. The number of rotatable bonds is 2. The first kappa shape index (κ1) is 12.0. The van der Waals surface area contributed by atoms with E-state index in [9.17, 15) is 0 Å². The van der Waals surface area contributed by atoms with Gasteiger partial charge < -0.3 is 10.2 Å². The first-order valence-corrected chi connectivity index (χ1v) is 6.60. The molecule has 0 aliphatic carbocycles. The van der Waals surface area contributed by atoms with Crippen LogP contribution in [0.15, 0.2) is 51.6 Å². The molecule has 3 rings (SSSR count). The number of nitrogens with two attached hydrogens (primary N) is 1. The third kappa shape index (κ3) is 2.17. The summed E-state index contributed by atoms with van der Waals surface area (Å²) in [5, 5.41) is 4.53. The van der Waals surface area contributed by atoms with E-state index in [4.69, 9.17) is 10.2 Å². The molecule has 4 nitrogen and oxygen atoms in total. The molecule has 0 radical (unpaired) electrons. The fourth-order valence-electron chi connectivity index (χ4n) is 1.97. The lowest BCUT2D eigenvalue weighted by atomic mass is 10.2. The van der Waals surface area contributed by atoms with E-state index in [1.807, 2.05) is 43.3 Å². The first-order chi connectivity index (χ1) is 9.15. The molecule has 0 unspecified atom stereocenters. The Morgan fingerprint density at radius 2 is 1.95 bits per heavy atom. The maximum absolute atomic E-state index is 6.03. The van der Waals surface area contributed by atoms with Crippen LogP contribution in [0.25, 0.3) is 16.9 Å². The highest BCUT2D eigenvalue weighted by atomic mass is 79.9. The molecule has 1 aromatic carbocycles. The molecule has 0 bridgehead atoms. The SMILES string of the molecule is Cc1occc1-c1cc(N)n(-c2ccc(Br)cc2)n1. The molecule has 0 aliphatic rings. The van der Waals surface area contributed by atoms with Gasteiger partial charge in [0.1, 0.15) is 11.6 Å². The number of nitrogens with zero attached hydrogens (tertiary/aromatic N) is 2. The van der Waals surface area contributed by atoms with Gasteiger partial charge in [0.25, 0.3) is 0 Å². The maximum Gasteiger partial charge on any atom is 0.127 e. The summed E-state index contributed by atoms with van der Waals surface area (Å²) in [5.41, 5.74) is 8.72. The van der Waals surface area contributed by atoms with Crippen molar-refractivity contribution in [3.8, 4) is 16.9 Å². The lowest BCUT2D eigenvalue weighted by molar-refractivity contribution is 0.535. The van der Waals surface area contributed by atoms with E-state index in [1.165, 1.54) is 0 Å². The highest BCUT2D eigenvalue weighted by molar-refractivity contribution is 9.10. The van der Waals surface area contributed by atoms with Gasteiger partial charge in [-0.2, -0.15) is 5.10 Å². The van der Waals surface area contributed by atoms with E-state index in [2.05, 4.69) is 21.0 Å². The standard InChI is InChI=1S/C14H12BrN3O/c1-9-12(6-7-19-9)13-8-14(16)18(17-13)11-4-2-10(15)3-5-11/h2-8H,16H2,1H3. The molecular formula is C14H12BrN3O. The highest BCUT2D eigenvalue weighted by Crippen LogP contribution is 2.26. The Kier molecular flexibility index (Phi) is 2.91. The average Bonchev–Trinajstić information content (AvgIpc) is 2.96. The molecule has 0 saturated heterocycles. The predicted molar refractivity (Wildman–Crippen MR) is 78.1 cm³/mol. The van der Waals surface area contributed by atoms with Crippen LogP contribution in [0.2, 0.25) is 0 Å². The average molecular weight is 318 g/mol. The summed E-state index contributed by atoms with van der Waals surface area (Å²) in [5.74, 6) is 1.43. The number of halogens is 1. The smallest absolute Gasteiger partial charge is 0.127 e. The van der Waals surface area contributed by atoms with Crippen LogP contribution in [-0.2, 0) is 0 Å². The van der Waals surface area contributed by atoms with Gasteiger partial charge in [-0.1, -0.05) is 15.9 Å². The molecule has 0 spiro atoms. The zero-order chi connectivity index (χ0) is 13.4. The molecule has 0 amide bonds. The van der Waals surface area contributed by atoms with Crippen LogP contribution in [0.5, 0.6) is 0 Å². The van der Waals surface area contributed by atoms with E-state index >= 15 is 0 Å². The number of anilines is 1. The van der Waals surface area contributed by atoms with Crippen molar-refractivity contribution in [2.45, 2.75) is 6.92 Å². The normalized spacial score (nSPS) is 10.8. The molecule has 0 saturated carbocycles. The molecule has 2 heterocycles. The van der Waals surface area contributed by atoms with Crippen molar-refractivity contribution in [3.05, 3.63) is 52.9 Å². The quantitative estimate of drug-likeness (QED) is 0.782. The predicted octanol–water partition coefficient (Wildman–Crippen LogP) is 3.79. The van der Waals surface area contributed by atoms with Crippen LogP contribution in [0.4, 0.5) is 5.82 Å². The van der Waals surface area contributed by atoms with E-state index in [0.29, 0.717) is 5.82 Å². The van der Waals surface area contributed by atoms with Gasteiger partial charge in [0.15, 0.2) is 0 Å². The lowest BCUT2D eigenvalue weighted by Gasteiger charge is -2.03. The summed E-state index contributed by atoms with van der Waals surface area (Å²) in [6, 6.07) is 11.6. The Morgan fingerprint density at radius 1 is 1.21 bits per heavy atom. The van der Waals surface area contributed by atoms with Crippen LogP contribution in [0, 0.1) is 6.92 Å². The molecule has 5 heteroatoms. The number of hydrogen-bond acceptors (Lipinski definition) is 3. The number of furan rings is 1. The summed E-state index contributed by atoms with van der Waals surface area (Å²) in [6.45, 7) is 1.91. The summed E-state index contributed by atoms with van der Waals surface area (Å²) < 4.78 is 8.03. The number of aryl methyl sites for hydroxylation is 1. The molecule has 0 atom stereocenters. The minimum Gasteiger partial charge on any atom is -0.469 e. The van der Waals surface area contributed by atoms with Crippen LogP contribution in [-0.4, -0.2) is 9.78 Å². The molecule has 2 N–H and O–H groups in total. The Hall–Kier alpha value is -2.01. The minimum atomic E-state index is 0.595. The van der Waals surface area contributed by atoms with Crippen molar-refractivity contribution in [2.75, 3.05) is 5.73 Å². The summed E-state index contributed by atoms with van der Waals surface area (Å²) in [7, 11) is 0. The monoisotopic (exact) mass is 317 g/mol. The summed E-state index contributed by atoms with van der Waals surface area (Å²) in [6.07, 6.45) is 1.65. The van der Waals surface area contributed by atoms with Crippen molar-refractivity contribution in [3.63, 3.8) is 0 Å². The van der Waals surface area contributed by atoms with Gasteiger partial charge in [-0.25, -0.2) is 4.68 Å². The second-order valence-electron chi connectivity index (χ2n) is 4.23. The molecule has 0 fully saturated rings. The van der Waals surface area contributed by atoms with Gasteiger partial charge in [0.05, 0.1) is 17.6 Å². The number of benzene rings is 1. The molecule has 3 aromatic rings. The second-order valence-corrected chi connectivity index (χ2v) is 5.15. The van der Waals surface area contributed by atoms with Gasteiger partial charge in [0.2, 0.25) is 0 Å². The van der Waals surface area contributed by atoms with Gasteiger partial charge in [-0.05, 0) is 37.3 Å². The van der Waals surface area contributed by atoms with Crippen LogP contribution in [0.3, 0.4) is 0 Å². The van der Waals surface area contributed by atoms with Crippen molar-refractivity contribution in [1.82, 2.24) is 9.78 Å². The van der Waals surface area contributed by atoms with E-state index < -0.39 is 0 Å². The molecule has 96 valence electrons. The third-order valence-corrected chi connectivity index (χ3v) is 3.47. The fraction of sp³-hybridized carbons (Fsp3) is 0.0714. The van der Waals surface area contributed by atoms with Crippen LogP contribution >= 0.6 is 15.9 Å². The molecule has 19 heavy (non-hydrogen) atoms. The number of nitrogen functional groups attached to an aromatic ring is 1. The second kappa shape index (κ2) is 4.59. The van der Waals surface area contributed by atoms with Gasteiger partial charge in [-0.15, -0.1) is 0 Å². The van der Waals surface area contributed by atoms with E-state index in [1.54, 1.807) is 10.9 Å². The van der Waals surface area contributed by atoms with Crippen molar-refractivity contribution in [1.29, 1.82) is 0 Å². The van der Waals surface area contributed by atoms with Crippen molar-refractivity contribution in [2.24, 2.45) is 0 Å². The summed E-state index contributed by atoms with van der Waals surface area (Å²) in [4.78, 5) is 0. The van der Waals surface area contributed by atoms with Crippen molar-refractivity contribution >= 4 is 21.7 Å². The lowest BCUT2D eigenvalue weighted by Crippen LogP contribution is -2.01. The van der Waals surface area contributed by atoms with E-state index in [0.717, 1.165) is 27.2 Å². The highest BCUT2D eigenvalue weighted by Gasteiger charge is 2.12. The Labute approximate surface area is 119 Å². The van der Waals surface area contributed by atoms with Gasteiger partial charge >= 0.3 is 0 Å². The maximum atomic E-state index is 6.03. The van der Waals surface area contributed by atoms with Crippen molar-refractivity contribution < 1.29 is 4.42 Å². The Bertz CT molecular complexity index is 713. The number of aromatic nitrogens is 2. The zero-order valence-electron chi connectivity index (χ0n) is 10.3. The first-order valence-electron chi connectivity index (χ1n) is 5.81. The third-order valence-electron chi connectivity index (χ3n) is 2.94. The molecular weight excluding hydrogens is 306 g/mol. The van der Waals surface area contributed by atoms with Gasteiger partial charge in [-0.3, -0.25) is 0 Å². The van der Waals surface area contributed by atoms with Gasteiger partial charge in [0, 0.05) is 16.1 Å². The fourth-order valence-corrected chi connectivity index (χ4v) is 2.23. The number of hydrogen-bond donors (Lipinski definition) is 1. The van der Waals surface area contributed by atoms with E-state index in [-0.39, 0.29) is 0 Å². The Balaban J connectivity index is 2.07. The zero-order valence-corrected chi connectivity index (χ0v) is 11.9. The minimum absolute atomic E-state index is 0.595. The van der Waals surface area contributed by atoms with Crippen LogP contribution < -0.4 is 5.73 Å². The topological polar surface area (TPSA) is 57.0 Å². The Morgan fingerprint density at radius 3 is 2.58 bits per heavy atom. The van der Waals surface area contributed by atoms with Crippen LogP contribution in [0.1, 0.15) is 5.76 Å². The summed E-state index contributed by atoms with van der Waals surface area (Å²) >= 11 is 3.41. The molecule has 0 aliphatic heterocycles. The molecule has 2 aromatic heterocycles.